The van der Waals surface area contributed by atoms with Crippen molar-refractivity contribution in [3.8, 4) is 11.3 Å². The first-order chi connectivity index (χ1) is 11.5. The van der Waals surface area contributed by atoms with Crippen molar-refractivity contribution in [2.75, 3.05) is 19.0 Å². The van der Waals surface area contributed by atoms with E-state index in [1.165, 1.54) is 18.4 Å². The SMILES string of the molecule is COC(=O)CCNC(=O)Nc1nc(-c2ccccc2)c(C(C)C)s1. The molecule has 1 aromatic heterocycles. The van der Waals surface area contributed by atoms with Crippen LogP contribution in [0, 0.1) is 0 Å². The van der Waals surface area contributed by atoms with Crippen molar-refractivity contribution < 1.29 is 14.3 Å². The van der Waals surface area contributed by atoms with Crippen molar-refractivity contribution in [2.24, 2.45) is 0 Å². The van der Waals surface area contributed by atoms with Crippen LogP contribution < -0.4 is 10.6 Å². The number of nitrogens with one attached hydrogen (secondary N) is 2. The Labute approximate surface area is 145 Å². The van der Waals surface area contributed by atoms with Gasteiger partial charge in [0.2, 0.25) is 0 Å². The van der Waals surface area contributed by atoms with Gasteiger partial charge in [-0.05, 0) is 5.92 Å². The van der Waals surface area contributed by atoms with E-state index in [1.54, 1.807) is 0 Å². The van der Waals surface area contributed by atoms with Gasteiger partial charge >= 0.3 is 12.0 Å². The molecule has 0 fully saturated rings. The smallest absolute Gasteiger partial charge is 0.321 e. The van der Waals surface area contributed by atoms with Gasteiger partial charge in [-0.1, -0.05) is 44.2 Å². The molecular weight excluding hydrogens is 326 g/mol. The first-order valence-electron chi connectivity index (χ1n) is 7.69. The Morgan fingerprint density at radius 1 is 1.25 bits per heavy atom. The Kier molecular flexibility index (Phi) is 6.31. The second-order valence-corrected chi connectivity index (χ2v) is 6.49. The Hall–Kier alpha value is -2.41. The molecule has 0 saturated heterocycles. The number of methoxy groups -OCH3 is 1. The van der Waals surface area contributed by atoms with Gasteiger partial charge in [-0.3, -0.25) is 10.1 Å². The molecular formula is C17H21N3O3S. The summed E-state index contributed by atoms with van der Waals surface area (Å²) in [5, 5.41) is 5.87. The van der Waals surface area contributed by atoms with E-state index in [0.717, 1.165) is 16.1 Å². The third kappa shape index (κ3) is 4.79. The van der Waals surface area contributed by atoms with Crippen molar-refractivity contribution in [1.29, 1.82) is 0 Å². The number of anilines is 1. The summed E-state index contributed by atoms with van der Waals surface area (Å²) in [5.41, 5.74) is 1.91. The number of hydrogen-bond acceptors (Lipinski definition) is 5. The molecule has 1 heterocycles. The number of hydrogen-bond donors (Lipinski definition) is 2. The summed E-state index contributed by atoms with van der Waals surface area (Å²) in [5.74, 6) is -0.0614. The van der Waals surface area contributed by atoms with Crippen LogP contribution in [0.5, 0.6) is 0 Å². The summed E-state index contributed by atoms with van der Waals surface area (Å²) in [6.45, 7) is 4.41. The maximum absolute atomic E-state index is 11.9. The van der Waals surface area contributed by atoms with Gasteiger partial charge in [0.05, 0.1) is 19.2 Å². The number of carbonyl (C=O) groups is 2. The number of amides is 2. The lowest BCUT2D eigenvalue weighted by atomic mass is 10.1. The van der Waals surface area contributed by atoms with Crippen LogP contribution in [0.1, 0.15) is 31.1 Å². The van der Waals surface area contributed by atoms with Crippen LogP contribution >= 0.6 is 11.3 Å². The van der Waals surface area contributed by atoms with Crippen LogP contribution in [-0.2, 0) is 9.53 Å². The van der Waals surface area contributed by atoms with E-state index >= 15 is 0 Å². The van der Waals surface area contributed by atoms with E-state index in [1.807, 2.05) is 30.3 Å². The van der Waals surface area contributed by atoms with E-state index in [2.05, 4.69) is 34.2 Å². The molecule has 2 amide bonds. The number of urea groups is 1. The highest BCUT2D eigenvalue weighted by Crippen LogP contribution is 2.35. The number of rotatable bonds is 6. The Bertz CT molecular complexity index is 698. The zero-order valence-corrected chi connectivity index (χ0v) is 14.8. The normalized spacial score (nSPS) is 10.5. The molecule has 7 heteroatoms. The summed E-state index contributed by atoms with van der Waals surface area (Å²) < 4.78 is 4.52. The maximum Gasteiger partial charge on any atom is 0.321 e. The molecule has 2 N–H and O–H groups in total. The highest BCUT2D eigenvalue weighted by molar-refractivity contribution is 7.16. The number of esters is 1. The monoisotopic (exact) mass is 347 g/mol. The molecule has 0 spiro atoms. The van der Waals surface area contributed by atoms with Gasteiger partial charge < -0.3 is 10.1 Å². The summed E-state index contributed by atoms with van der Waals surface area (Å²) in [6, 6.07) is 9.50. The molecule has 0 atom stereocenters. The number of carbonyl (C=O) groups excluding carboxylic acids is 2. The van der Waals surface area contributed by atoms with Crippen LogP contribution in [0.15, 0.2) is 30.3 Å². The van der Waals surface area contributed by atoms with Crippen LogP contribution in [0.4, 0.5) is 9.93 Å². The van der Waals surface area contributed by atoms with Gasteiger partial charge in [-0.25, -0.2) is 9.78 Å². The van der Waals surface area contributed by atoms with Crippen molar-refractivity contribution in [3.63, 3.8) is 0 Å². The Morgan fingerprint density at radius 3 is 2.58 bits per heavy atom. The van der Waals surface area contributed by atoms with Crippen molar-refractivity contribution in [3.05, 3.63) is 35.2 Å². The lowest BCUT2D eigenvalue weighted by molar-refractivity contribution is -0.140. The average Bonchev–Trinajstić information content (AvgIpc) is 2.99. The van der Waals surface area contributed by atoms with Crippen LogP contribution in [0.2, 0.25) is 0 Å². The topological polar surface area (TPSA) is 80.3 Å². The third-order valence-electron chi connectivity index (χ3n) is 3.29. The molecule has 0 radical (unpaired) electrons. The van der Waals surface area contributed by atoms with Gasteiger partial charge in [-0.2, -0.15) is 0 Å². The highest BCUT2D eigenvalue weighted by Gasteiger charge is 2.17. The maximum atomic E-state index is 11.9. The second-order valence-electron chi connectivity index (χ2n) is 5.46. The molecule has 1 aromatic carbocycles. The second kappa shape index (κ2) is 8.44. The fourth-order valence-corrected chi connectivity index (χ4v) is 3.09. The molecule has 2 aromatic rings. The number of aromatic nitrogens is 1. The molecule has 128 valence electrons. The largest absolute Gasteiger partial charge is 0.469 e. The molecule has 0 unspecified atom stereocenters. The number of thiazole rings is 1. The quantitative estimate of drug-likeness (QED) is 0.782. The first-order valence-corrected chi connectivity index (χ1v) is 8.50. The van der Waals surface area contributed by atoms with Crippen molar-refractivity contribution in [2.45, 2.75) is 26.2 Å². The Balaban J connectivity index is 2.06. The lowest BCUT2D eigenvalue weighted by Crippen LogP contribution is -2.30. The predicted molar refractivity (Wildman–Crippen MR) is 95.3 cm³/mol. The third-order valence-corrected chi connectivity index (χ3v) is 4.56. The van der Waals surface area contributed by atoms with Gasteiger partial charge in [-0.15, -0.1) is 11.3 Å². The average molecular weight is 347 g/mol. The van der Waals surface area contributed by atoms with Gasteiger partial charge in [0.1, 0.15) is 0 Å². The highest BCUT2D eigenvalue weighted by atomic mass is 32.1. The Morgan fingerprint density at radius 2 is 1.96 bits per heavy atom. The van der Waals surface area contributed by atoms with Crippen LogP contribution in [0.3, 0.4) is 0 Å². The zero-order valence-electron chi connectivity index (χ0n) is 14.0. The fourth-order valence-electron chi connectivity index (χ4n) is 2.10. The molecule has 0 aliphatic rings. The van der Waals surface area contributed by atoms with Gasteiger partial charge in [0.15, 0.2) is 5.13 Å². The number of nitrogens with zero attached hydrogens (tertiary/aromatic N) is 1. The zero-order chi connectivity index (χ0) is 17.5. The number of ether oxygens (including phenoxy) is 1. The van der Waals surface area contributed by atoms with Crippen LogP contribution in [0.25, 0.3) is 11.3 Å². The molecule has 2 rings (SSSR count). The number of benzene rings is 1. The summed E-state index contributed by atoms with van der Waals surface area (Å²) in [7, 11) is 1.32. The van der Waals surface area contributed by atoms with Gasteiger partial charge in [0, 0.05) is 17.0 Å². The minimum absolute atomic E-state index is 0.133. The van der Waals surface area contributed by atoms with E-state index in [9.17, 15) is 9.59 Å². The van der Waals surface area contributed by atoms with E-state index in [4.69, 9.17) is 0 Å². The first kappa shape index (κ1) is 17.9. The minimum Gasteiger partial charge on any atom is -0.469 e. The molecule has 24 heavy (non-hydrogen) atoms. The van der Waals surface area contributed by atoms with Gasteiger partial charge in [0.25, 0.3) is 0 Å². The summed E-state index contributed by atoms with van der Waals surface area (Å²) in [4.78, 5) is 28.6. The van der Waals surface area contributed by atoms with Crippen LogP contribution in [-0.4, -0.2) is 30.6 Å². The van der Waals surface area contributed by atoms with E-state index in [0.29, 0.717) is 11.0 Å². The fraction of sp³-hybridized carbons (Fsp3) is 0.353. The van der Waals surface area contributed by atoms with E-state index in [-0.39, 0.29) is 25.0 Å². The van der Waals surface area contributed by atoms with E-state index < -0.39 is 0 Å². The van der Waals surface area contributed by atoms with Crippen molar-refractivity contribution >= 4 is 28.5 Å². The molecule has 0 saturated carbocycles. The lowest BCUT2D eigenvalue weighted by Gasteiger charge is -2.04. The molecule has 0 aliphatic carbocycles. The van der Waals surface area contributed by atoms with Crippen molar-refractivity contribution in [1.82, 2.24) is 10.3 Å². The standard InChI is InChI=1S/C17H21N3O3S/c1-11(2)15-14(12-7-5-4-6-8-12)19-17(24-15)20-16(22)18-10-9-13(21)23-3/h4-8,11H,9-10H2,1-3H3,(H2,18,19,20,22). The predicted octanol–water partition coefficient (Wildman–Crippen LogP) is 3.62. The summed E-state index contributed by atoms with van der Waals surface area (Å²) >= 11 is 1.46. The minimum atomic E-state index is -0.387. The summed E-state index contributed by atoms with van der Waals surface area (Å²) in [6.07, 6.45) is 0.133. The molecule has 6 nitrogen and oxygen atoms in total. The molecule has 0 bridgehead atoms. The molecule has 0 aliphatic heterocycles.